The molecule has 0 aliphatic carbocycles. The Kier molecular flexibility index (Phi) is 6.65. The SMILES string of the molecule is Cc1ccc(CNC(=O)CN2CCC(C(=O)O)C2)cc1.Cl. The quantitative estimate of drug-likeness (QED) is 0.863. The van der Waals surface area contributed by atoms with E-state index in [1.807, 2.05) is 36.1 Å². The lowest BCUT2D eigenvalue weighted by atomic mass is 10.1. The predicted octanol–water partition coefficient (Wildman–Crippen LogP) is 1.44. The number of carboxylic acid groups (broad SMARTS) is 1. The first-order valence-electron chi connectivity index (χ1n) is 6.82. The maximum absolute atomic E-state index is 11.8. The van der Waals surface area contributed by atoms with Crippen LogP contribution in [0.4, 0.5) is 0 Å². The third-order valence-corrected chi connectivity index (χ3v) is 3.60. The monoisotopic (exact) mass is 312 g/mol. The number of nitrogens with one attached hydrogen (secondary N) is 1. The highest BCUT2D eigenvalue weighted by molar-refractivity contribution is 5.85. The largest absolute Gasteiger partial charge is 0.481 e. The summed E-state index contributed by atoms with van der Waals surface area (Å²) < 4.78 is 0. The van der Waals surface area contributed by atoms with Crippen molar-refractivity contribution < 1.29 is 14.7 Å². The van der Waals surface area contributed by atoms with Gasteiger partial charge in [-0.25, -0.2) is 0 Å². The maximum Gasteiger partial charge on any atom is 0.307 e. The number of hydrogen-bond donors (Lipinski definition) is 2. The lowest BCUT2D eigenvalue weighted by Crippen LogP contribution is -2.36. The van der Waals surface area contributed by atoms with Crippen molar-refractivity contribution >= 4 is 24.3 Å². The first kappa shape index (κ1) is 17.5. The van der Waals surface area contributed by atoms with Gasteiger partial charge in [0.25, 0.3) is 0 Å². The minimum absolute atomic E-state index is 0. The van der Waals surface area contributed by atoms with Crippen molar-refractivity contribution in [2.45, 2.75) is 19.9 Å². The van der Waals surface area contributed by atoms with E-state index in [0.29, 0.717) is 26.1 Å². The third-order valence-electron chi connectivity index (χ3n) is 3.60. The van der Waals surface area contributed by atoms with E-state index in [2.05, 4.69) is 5.32 Å². The van der Waals surface area contributed by atoms with Crippen LogP contribution in [0.25, 0.3) is 0 Å². The van der Waals surface area contributed by atoms with Crippen molar-refractivity contribution in [3.8, 4) is 0 Å². The molecule has 116 valence electrons. The summed E-state index contributed by atoms with van der Waals surface area (Å²) in [7, 11) is 0. The summed E-state index contributed by atoms with van der Waals surface area (Å²) in [6.45, 7) is 3.95. The molecule has 1 atom stereocenters. The van der Waals surface area contributed by atoms with Crippen molar-refractivity contribution in [1.29, 1.82) is 0 Å². The Hall–Kier alpha value is -1.59. The van der Waals surface area contributed by atoms with E-state index >= 15 is 0 Å². The fourth-order valence-electron chi connectivity index (χ4n) is 2.34. The number of aryl methyl sites for hydroxylation is 1. The summed E-state index contributed by atoms with van der Waals surface area (Å²) in [6.07, 6.45) is 0.626. The first-order chi connectivity index (χ1) is 9.54. The number of carbonyl (C=O) groups is 2. The van der Waals surface area contributed by atoms with Gasteiger partial charge in [0.2, 0.25) is 5.91 Å². The fourth-order valence-corrected chi connectivity index (χ4v) is 2.34. The van der Waals surface area contributed by atoms with Crippen LogP contribution in [0.3, 0.4) is 0 Å². The molecule has 2 rings (SSSR count). The summed E-state index contributed by atoms with van der Waals surface area (Å²) >= 11 is 0. The van der Waals surface area contributed by atoms with Crippen LogP contribution in [0.1, 0.15) is 17.5 Å². The second-order valence-electron chi connectivity index (χ2n) is 5.32. The van der Waals surface area contributed by atoms with E-state index in [-0.39, 0.29) is 30.8 Å². The predicted molar refractivity (Wildman–Crippen MR) is 82.5 cm³/mol. The normalized spacial score (nSPS) is 18.0. The number of carbonyl (C=O) groups excluding carboxylic acids is 1. The molecule has 1 aliphatic heterocycles. The topological polar surface area (TPSA) is 69.6 Å². The van der Waals surface area contributed by atoms with Crippen LogP contribution in [0.5, 0.6) is 0 Å². The van der Waals surface area contributed by atoms with E-state index < -0.39 is 5.97 Å². The summed E-state index contributed by atoms with van der Waals surface area (Å²) in [4.78, 5) is 24.6. The highest BCUT2D eigenvalue weighted by Crippen LogP contribution is 2.15. The summed E-state index contributed by atoms with van der Waals surface area (Å²) in [5, 5.41) is 11.8. The molecule has 1 unspecified atom stereocenters. The molecule has 0 saturated carbocycles. The molecule has 1 fully saturated rings. The third kappa shape index (κ3) is 5.36. The minimum Gasteiger partial charge on any atom is -0.481 e. The lowest BCUT2D eigenvalue weighted by molar-refractivity contribution is -0.141. The minimum atomic E-state index is -0.771. The van der Waals surface area contributed by atoms with Gasteiger partial charge in [-0.1, -0.05) is 29.8 Å². The number of aliphatic carboxylic acids is 1. The molecule has 5 nitrogen and oxygen atoms in total. The Morgan fingerprint density at radius 2 is 2.00 bits per heavy atom. The average molecular weight is 313 g/mol. The van der Waals surface area contributed by atoms with Gasteiger partial charge in [-0.2, -0.15) is 0 Å². The van der Waals surface area contributed by atoms with E-state index in [0.717, 1.165) is 5.56 Å². The van der Waals surface area contributed by atoms with Crippen molar-refractivity contribution in [1.82, 2.24) is 10.2 Å². The number of hydrogen-bond acceptors (Lipinski definition) is 3. The number of nitrogens with zero attached hydrogens (tertiary/aromatic N) is 1. The Morgan fingerprint density at radius 1 is 1.33 bits per heavy atom. The zero-order valence-corrected chi connectivity index (χ0v) is 12.9. The van der Waals surface area contributed by atoms with E-state index in [1.54, 1.807) is 0 Å². The second kappa shape index (κ2) is 8.00. The molecule has 1 amide bonds. The van der Waals surface area contributed by atoms with E-state index in [1.165, 1.54) is 5.56 Å². The molecule has 0 bridgehead atoms. The van der Waals surface area contributed by atoms with Crippen molar-refractivity contribution in [2.75, 3.05) is 19.6 Å². The second-order valence-corrected chi connectivity index (χ2v) is 5.32. The highest BCUT2D eigenvalue weighted by atomic mass is 35.5. The molecule has 1 saturated heterocycles. The van der Waals surface area contributed by atoms with Crippen molar-refractivity contribution in [2.24, 2.45) is 5.92 Å². The number of rotatable bonds is 5. The Morgan fingerprint density at radius 3 is 2.57 bits per heavy atom. The fraction of sp³-hybridized carbons (Fsp3) is 0.467. The molecule has 0 spiro atoms. The van der Waals surface area contributed by atoms with Crippen molar-refractivity contribution in [3.05, 3.63) is 35.4 Å². The molecule has 2 N–H and O–H groups in total. The zero-order chi connectivity index (χ0) is 14.5. The van der Waals surface area contributed by atoms with Crippen molar-refractivity contribution in [3.63, 3.8) is 0 Å². The molecule has 1 aromatic carbocycles. The maximum atomic E-state index is 11.8. The van der Waals surface area contributed by atoms with Gasteiger partial charge in [0.1, 0.15) is 0 Å². The number of carboxylic acids is 1. The van der Waals surface area contributed by atoms with E-state index in [9.17, 15) is 9.59 Å². The van der Waals surface area contributed by atoms with Crippen LogP contribution >= 0.6 is 12.4 Å². The van der Waals surface area contributed by atoms with Gasteiger partial charge < -0.3 is 10.4 Å². The van der Waals surface area contributed by atoms with Gasteiger partial charge in [0, 0.05) is 13.1 Å². The number of benzene rings is 1. The Balaban J connectivity index is 0.00000220. The number of amides is 1. The van der Waals surface area contributed by atoms with Crippen LogP contribution < -0.4 is 5.32 Å². The van der Waals surface area contributed by atoms with Crippen LogP contribution in [0.2, 0.25) is 0 Å². The van der Waals surface area contributed by atoms with Gasteiger partial charge in [0.05, 0.1) is 12.5 Å². The lowest BCUT2D eigenvalue weighted by Gasteiger charge is -2.14. The molecule has 0 radical (unpaired) electrons. The molecule has 21 heavy (non-hydrogen) atoms. The van der Waals surface area contributed by atoms with Gasteiger partial charge in [0.15, 0.2) is 0 Å². The molecular formula is C15H21ClN2O3. The molecule has 0 aromatic heterocycles. The number of halogens is 1. The van der Waals surface area contributed by atoms with Gasteiger partial charge >= 0.3 is 5.97 Å². The van der Waals surface area contributed by atoms with Crippen LogP contribution in [-0.2, 0) is 16.1 Å². The molecular weight excluding hydrogens is 292 g/mol. The van der Waals surface area contributed by atoms with E-state index in [4.69, 9.17) is 5.11 Å². The Labute approximate surface area is 130 Å². The Bertz CT molecular complexity index is 490. The summed E-state index contributed by atoms with van der Waals surface area (Å²) in [6, 6.07) is 8.01. The van der Waals surface area contributed by atoms with Gasteiger partial charge in [-0.05, 0) is 25.5 Å². The standard InChI is InChI=1S/C15H20N2O3.ClH/c1-11-2-4-12(5-3-11)8-16-14(18)10-17-7-6-13(9-17)15(19)20;/h2-5,13H,6-10H2,1H3,(H,16,18)(H,19,20);1H. The van der Waals surface area contributed by atoms with Crippen LogP contribution in [-0.4, -0.2) is 41.5 Å². The molecule has 1 aromatic rings. The molecule has 6 heteroatoms. The summed E-state index contributed by atoms with van der Waals surface area (Å²) in [5.41, 5.74) is 2.26. The van der Waals surface area contributed by atoms with Crippen LogP contribution in [0.15, 0.2) is 24.3 Å². The van der Waals surface area contributed by atoms with Gasteiger partial charge in [-0.15, -0.1) is 12.4 Å². The zero-order valence-electron chi connectivity index (χ0n) is 12.0. The first-order valence-corrected chi connectivity index (χ1v) is 6.82. The highest BCUT2D eigenvalue weighted by Gasteiger charge is 2.28. The molecule has 1 heterocycles. The molecule has 1 aliphatic rings. The summed E-state index contributed by atoms with van der Waals surface area (Å²) in [5.74, 6) is -1.16. The van der Waals surface area contributed by atoms with Gasteiger partial charge in [-0.3, -0.25) is 14.5 Å². The van der Waals surface area contributed by atoms with Crippen LogP contribution in [0, 0.1) is 12.8 Å². The number of likely N-dealkylation sites (tertiary alicyclic amines) is 1. The smallest absolute Gasteiger partial charge is 0.307 e. The average Bonchev–Trinajstić information content (AvgIpc) is 2.87.